The summed E-state index contributed by atoms with van der Waals surface area (Å²) in [6, 6.07) is 8.05. The van der Waals surface area contributed by atoms with Gasteiger partial charge in [0.2, 0.25) is 5.91 Å². The van der Waals surface area contributed by atoms with E-state index in [-0.39, 0.29) is 11.9 Å². The number of benzene rings is 1. The number of amides is 1. The molecule has 4 heteroatoms. The Balaban J connectivity index is 1.54. The summed E-state index contributed by atoms with van der Waals surface area (Å²) < 4.78 is 5.61. The first-order chi connectivity index (χ1) is 9.65. The second-order valence-electron chi connectivity index (χ2n) is 5.57. The highest BCUT2D eigenvalue weighted by atomic mass is 16.5. The maximum absolute atomic E-state index is 11.6. The van der Waals surface area contributed by atoms with Crippen molar-refractivity contribution in [2.45, 2.75) is 38.6 Å². The monoisotopic (exact) mass is 276 g/mol. The fourth-order valence-corrected chi connectivity index (χ4v) is 2.14. The van der Waals surface area contributed by atoms with Crippen molar-refractivity contribution in [3.8, 4) is 5.75 Å². The number of carbonyl (C=O) groups is 1. The first kappa shape index (κ1) is 14.9. The highest BCUT2D eigenvalue weighted by Gasteiger charge is 2.28. The average Bonchev–Trinajstić information content (AvgIpc) is 3.25. The van der Waals surface area contributed by atoms with Gasteiger partial charge in [0.1, 0.15) is 5.75 Å². The molecule has 1 fully saturated rings. The molecule has 3 N–H and O–H groups in total. The molecule has 0 saturated heterocycles. The molecule has 20 heavy (non-hydrogen) atoms. The van der Waals surface area contributed by atoms with Crippen LogP contribution in [0.25, 0.3) is 0 Å². The Hall–Kier alpha value is -1.55. The highest BCUT2D eigenvalue weighted by molar-refractivity contribution is 5.75. The van der Waals surface area contributed by atoms with Crippen molar-refractivity contribution >= 4 is 5.91 Å². The molecule has 1 unspecified atom stereocenters. The number of hydrogen-bond donors (Lipinski definition) is 2. The minimum atomic E-state index is 0.0638. The predicted octanol–water partition coefficient (Wildman–Crippen LogP) is 2.01. The van der Waals surface area contributed by atoms with Crippen LogP contribution in [-0.2, 0) is 4.79 Å². The van der Waals surface area contributed by atoms with Crippen LogP contribution in [0.4, 0.5) is 0 Å². The summed E-state index contributed by atoms with van der Waals surface area (Å²) in [4.78, 5) is 11.6. The number of hydrogen-bond acceptors (Lipinski definition) is 3. The molecule has 2 rings (SSSR count). The van der Waals surface area contributed by atoms with Crippen LogP contribution in [-0.4, -0.2) is 25.1 Å². The Labute approximate surface area is 120 Å². The van der Waals surface area contributed by atoms with Crippen LogP contribution in [0.15, 0.2) is 24.3 Å². The Bertz CT molecular complexity index is 444. The second-order valence-corrected chi connectivity index (χ2v) is 5.57. The van der Waals surface area contributed by atoms with Crippen molar-refractivity contribution < 1.29 is 9.53 Å². The molecule has 4 nitrogen and oxygen atoms in total. The third kappa shape index (κ3) is 5.21. The summed E-state index contributed by atoms with van der Waals surface area (Å²) in [6.07, 6.45) is 3.63. The lowest BCUT2D eigenvalue weighted by Crippen LogP contribution is -2.38. The van der Waals surface area contributed by atoms with Crippen LogP contribution in [0, 0.1) is 12.8 Å². The van der Waals surface area contributed by atoms with E-state index in [1.807, 2.05) is 31.2 Å². The van der Waals surface area contributed by atoms with Gasteiger partial charge in [-0.25, -0.2) is 0 Å². The van der Waals surface area contributed by atoms with Crippen molar-refractivity contribution in [3.63, 3.8) is 0 Å². The van der Waals surface area contributed by atoms with Gasteiger partial charge in [-0.05, 0) is 49.8 Å². The van der Waals surface area contributed by atoms with Crippen molar-refractivity contribution in [3.05, 3.63) is 29.8 Å². The fourth-order valence-electron chi connectivity index (χ4n) is 2.14. The number of nitrogens with one attached hydrogen (secondary N) is 1. The van der Waals surface area contributed by atoms with Crippen LogP contribution in [0.5, 0.6) is 5.75 Å². The zero-order valence-electron chi connectivity index (χ0n) is 12.1. The van der Waals surface area contributed by atoms with Gasteiger partial charge in [0, 0.05) is 19.0 Å². The van der Waals surface area contributed by atoms with Gasteiger partial charge in [-0.2, -0.15) is 0 Å². The molecule has 1 aliphatic rings. The quantitative estimate of drug-likeness (QED) is 0.714. The van der Waals surface area contributed by atoms with E-state index in [4.69, 9.17) is 10.5 Å². The van der Waals surface area contributed by atoms with Gasteiger partial charge in [-0.1, -0.05) is 12.1 Å². The topological polar surface area (TPSA) is 64.3 Å². The van der Waals surface area contributed by atoms with E-state index in [1.165, 1.54) is 18.4 Å². The van der Waals surface area contributed by atoms with Crippen LogP contribution in [0.1, 0.15) is 31.2 Å². The number of rotatable bonds is 8. The molecule has 1 aliphatic carbocycles. The largest absolute Gasteiger partial charge is 0.494 e. The Morgan fingerprint density at radius 3 is 3.00 bits per heavy atom. The zero-order chi connectivity index (χ0) is 14.4. The normalized spacial score (nSPS) is 15.7. The van der Waals surface area contributed by atoms with Crippen LogP contribution in [0.3, 0.4) is 0 Å². The summed E-state index contributed by atoms with van der Waals surface area (Å²) in [5.41, 5.74) is 7.11. The van der Waals surface area contributed by atoms with Crippen LogP contribution >= 0.6 is 0 Å². The molecule has 0 bridgehead atoms. The Kier molecular flexibility index (Phi) is 5.41. The van der Waals surface area contributed by atoms with E-state index >= 15 is 0 Å². The summed E-state index contributed by atoms with van der Waals surface area (Å²) in [7, 11) is 0. The lowest BCUT2D eigenvalue weighted by molar-refractivity contribution is -0.121. The van der Waals surface area contributed by atoms with E-state index in [9.17, 15) is 4.79 Å². The molecule has 1 amide bonds. The molecule has 1 aromatic rings. The van der Waals surface area contributed by atoms with E-state index in [0.717, 1.165) is 12.2 Å². The first-order valence-corrected chi connectivity index (χ1v) is 7.37. The van der Waals surface area contributed by atoms with E-state index in [1.54, 1.807) is 0 Å². The fraction of sp³-hybridized carbons (Fsp3) is 0.562. The lowest BCUT2D eigenvalue weighted by Gasteiger charge is -2.11. The van der Waals surface area contributed by atoms with E-state index in [2.05, 4.69) is 5.32 Å². The summed E-state index contributed by atoms with van der Waals surface area (Å²) in [5.74, 6) is 1.55. The molecule has 1 atom stereocenters. The SMILES string of the molecule is Cc1cccc(OCCCC(=O)NCC(N)C2CC2)c1. The van der Waals surface area contributed by atoms with Crippen LogP contribution < -0.4 is 15.8 Å². The molecule has 1 aromatic carbocycles. The number of aryl methyl sites for hydroxylation is 1. The minimum absolute atomic E-state index is 0.0638. The van der Waals surface area contributed by atoms with Crippen molar-refractivity contribution in [2.75, 3.05) is 13.2 Å². The summed E-state index contributed by atoms with van der Waals surface area (Å²) in [6.45, 7) is 3.19. The number of carbonyl (C=O) groups excluding carboxylic acids is 1. The predicted molar refractivity (Wildman–Crippen MR) is 79.6 cm³/mol. The third-order valence-corrected chi connectivity index (χ3v) is 3.57. The maximum atomic E-state index is 11.6. The molecule has 0 aliphatic heterocycles. The molecule has 0 spiro atoms. The molecule has 110 valence electrons. The highest BCUT2D eigenvalue weighted by Crippen LogP contribution is 2.31. The van der Waals surface area contributed by atoms with Gasteiger partial charge in [0.15, 0.2) is 0 Å². The van der Waals surface area contributed by atoms with Gasteiger partial charge in [-0.3, -0.25) is 4.79 Å². The van der Waals surface area contributed by atoms with Gasteiger partial charge < -0.3 is 15.8 Å². The van der Waals surface area contributed by atoms with Crippen molar-refractivity contribution in [1.29, 1.82) is 0 Å². The number of ether oxygens (including phenoxy) is 1. The first-order valence-electron chi connectivity index (χ1n) is 7.37. The smallest absolute Gasteiger partial charge is 0.220 e. The third-order valence-electron chi connectivity index (χ3n) is 3.57. The molecular formula is C16H24N2O2. The standard InChI is InChI=1S/C16H24N2O2/c1-12-4-2-5-14(10-12)20-9-3-6-16(19)18-11-15(17)13-7-8-13/h2,4-5,10,13,15H,3,6-9,11,17H2,1H3,(H,18,19). The second kappa shape index (κ2) is 7.29. The van der Waals surface area contributed by atoms with E-state index in [0.29, 0.717) is 25.5 Å². The zero-order valence-corrected chi connectivity index (χ0v) is 12.1. The molecular weight excluding hydrogens is 252 g/mol. The number of nitrogens with two attached hydrogens (primary N) is 1. The van der Waals surface area contributed by atoms with E-state index < -0.39 is 0 Å². The molecule has 0 heterocycles. The molecule has 1 saturated carbocycles. The summed E-state index contributed by atoms with van der Waals surface area (Å²) in [5, 5.41) is 2.89. The van der Waals surface area contributed by atoms with Crippen molar-refractivity contribution in [2.24, 2.45) is 11.7 Å². The summed E-state index contributed by atoms with van der Waals surface area (Å²) >= 11 is 0. The molecule has 0 aromatic heterocycles. The minimum Gasteiger partial charge on any atom is -0.494 e. The Morgan fingerprint density at radius 1 is 1.50 bits per heavy atom. The maximum Gasteiger partial charge on any atom is 0.220 e. The average molecular weight is 276 g/mol. The van der Waals surface area contributed by atoms with Gasteiger partial charge in [0.05, 0.1) is 6.61 Å². The molecule has 0 radical (unpaired) electrons. The lowest BCUT2D eigenvalue weighted by atomic mass is 10.2. The Morgan fingerprint density at radius 2 is 2.30 bits per heavy atom. The van der Waals surface area contributed by atoms with Crippen LogP contribution in [0.2, 0.25) is 0 Å². The van der Waals surface area contributed by atoms with Crippen molar-refractivity contribution in [1.82, 2.24) is 5.32 Å². The van der Waals surface area contributed by atoms with Gasteiger partial charge in [-0.15, -0.1) is 0 Å². The van der Waals surface area contributed by atoms with Gasteiger partial charge in [0.25, 0.3) is 0 Å². The van der Waals surface area contributed by atoms with Gasteiger partial charge >= 0.3 is 0 Å².